The molecular weight excluding hydrogens is 268 g/mol. The van der Waals surface area contributed by atoms with Crippen molar-refractivity contribution in [2.24, 2.45) is 5.92 Å². The lowest BCUT2D eigenvalue weighted by atomic mass is 10.1. The van der Waals surface area contributed by atoms with Gasteiger partial charge in [0, 0.05) is 35.9 Å². The second kappa shape index (κ2) is 6.82. The van der Waals surface area contributed by atoms with E-state index in [0.717, 1.165) is 17.5 Å². The van der Waals surface area contributed by atoms with Crippen molar-refractivity contribution in [3.05, 3.63) is 28.8 Å². The molecule has 0 amide bonds. The van der Waals surface area contributed by atoms with Gasteiger partial charge in [-0.05, 0) is 56.4 Å². The third-order valence-corrected chi connectivity index (χ3v) is 4.06. The number of nitrogens with zero attached hydrogens (tertiary/aromatic N) is 1. The molecule has 0 heterocycles. The second-order valence-electron chi connectivity index (χ2n) is 6.50. The molecule has 1 aromatic rings. The molecule has 112 valence electrons. The van der Waals surface area contributed by atoms with Crippen molar-refractivity contribution in [1.82, 2.24) is 5.32 Å². The minimum atomic E-state index is 0.484. The largest absolute Gasteiger partial charge is 0.369 e. The van der Waals surface area contributed by atoms with E-state index in [-0.39, 0.29) is 0 Å². The highest BCUT2D eigenvalue weighted by molar-refractivity contribution is 6.30. The molecule has 0 aromatic heterocycles. The summed E-state index contributed by atoms with van der Waals surface area (Å²) in [5.41, 5.74) is 2.64. The normalized spacial score (nSPS) is 15.2. The minimum absolute atomic E-state index is 0.484. The summed E-state index contributed by atoms with van der Waals surface area (Å²) in [6, 6.07) is 7.31. The molecule has 1 N–H and O–H groups in total. The van der Waals surface area contributed by atoms with Crippen molar-refractivity contribution in [3.8, 4) is 0 Å². The Morgan fingerprint density at radius 2 is 1.95 bits per heavy atom. The van der Waals surface area contributed by atoms with E-state index in [9.17, 15) is 0 Å². The van der Waals surface area contributed by atoms with E-state index in [1.165, 1.54) is 30.6 Å². The number of rotatable bonds is 7. The van der Waals surface area contributed by atoms with Crippen LogP contribution in [-0.2, 0) is 6.54 Å². The summed E-state index contributed by atoms with van der Waals surface area (Å²) in [6.07, 6.45) is 2.77. The zero-order chi connectivity index (χ0) is 14.7. The van der Waals surface area contributed by atoms with Crippen molar-refractivity contribution >= 4 is 17.3 Å². The molecule has 1 aromatic carbocycles. The molecule has 0 spiro atoms. The van der Waals surface area contributed by atoms with Gasteiger partial charge in [-0.3, -0.25) is 0 Å². The van der Waals surface area contributed by atoms with Crippen LogP contribution < -0.4 is 10.2 Å². The molecular formula is C17H27ClN2. The van der Waals surface area contributed by atoms with Crippen molar-refractivity contribution in [1.29, 1.82) is 0 Å². The molecule has 0 atom stereocenters. The zero-order valence-corrected chi connectivity index (χ0v) is 13.9. The number of nitrogens with one attached hydrogen (secondary N) is 1. The molecule has 1 aliphatic carbocycles. The van der Waals surface area contributed by atoms with Gasteiger partial charge < -0.3 is 10.2 Å². The van der Waals surface area contributed by atoms with Crippen LogP contribution in [0.5, 0.6) is 0 Å². The molecule has 2 rings (SSSR count). The van der Waals surface area contributed by atoms with Gasteiger partial charge in [0.15, 0.2) is 0 Å². The van der Waals surface area contributed by atoms with E-state index in [1.807, 2.05) is 6.07 Å². The Balaban J connectivity index is 2.21. The van der Waals surface area contributed by atoms with Crippen LogP contribution in [0.25, 0.3) is 0 Å². The molecule has 3 heteroatoms. The van der Waals surface area contributed by atoms with Crippen LogP contribution in [0.2, 0.25) is 5.02 Å². The Bertz CT molecular complexity index is 439. The maximum absolute atomic E-state index is 6.19. The zero-order valence-electron chi connectivity index (χ0n) is 13.1. The lowest BCUT2D eigenvalue weighted by molar-refractivity contribution is 0.583. The Labute approximate surface area is 128 Å². The summed E-state index contributed by atoms with van der Waals surface area (Å²) in [7, 11) is 0. The molecule has 0 aliphatic heterocycles. The van der Waals surface area contributed by atoms with Crippen LogP contribution in [0.4, 0.5) is 5.69 Å². The summed E-state index contributed by atoms with van der Waals surface area (Å²) in [6.45, 7) is 11.0. The van der Waals surface area contributed by atoms with Crippen LogP contribution >= 0.6 is 11.6 Å². The van der Waals surface area contributed by atoms with Crippen molar-refractivity contribution in [2.75, 3.05) is 11.4 Å². The Kier molecular flexibility index (Phi) is 5.34. The van der Waals surface area contributed by atoms with E-state index in [0.29, 0.717) is 12.1 Å². The molecule has 0 unspecified atom stereocenters. The van der Waals surface area contributed by atoms with Crippen LogP contribution in [0.1, 0.15) is 46.1 Å². The van der Waals surface area contributed by atoms with E-state index >= 15 is 0 Å². The quantitative estimate of drug-likeness (QED) is 0.798. The van der Waals surface area contributed by atoms with E-state index in [4.69, 9.17) is 11.6 Å². The summed E-state index contributed by atoms with van der Waals surface area (Å²) < 4.78 is 0. The van der Waals surface area contributed by atoms with Crippen LogP contribution in [-0.4, -0.2) is 18.6 Å². The molecule has 0 saturated heterocycles. The number of hydrogen-bond donors (Lipinski definition) is 1. The fourth-order valence-corrected chi connectivity index (χ4v) is 2.65. The lowest BCUT2D eigenvalue weighted by Gasteiger charge is -2.31. The first-order chi connectivity index (χ1) is 9.47. The topological polar surface area (TPSA) is 15.3 Å². The number of halogens is 1. The second-order valence-corrected chi connectivity index (χ2v) is 6.93. The van der Waals surface area contributed by atoms with Crippen LogP contribution in [0, 0.1) is 5.92 Å². The highest BCUT2D eigenvalue weighted by Gasteiger charge is 2.26. The van der Waals surface area contributed by atoms with E-state index in [2.05, 4.69) is 50.0 Å². The smallest absolute Gasteiger partial charge is 0.0415 e. The fraction of sp³-hybridized carbons (Fsp3) is 0.647. The van der Waals surface area contributed by atoms with E-state index < -0.39 is 0 Å². The standard InChI is InChI=1S/C17H27ClN2/c1-12(2)19-10-15-9-16(18)7-8-17(15)20(13(3)4)11-14-5-6-14/h7-9,12-14,19H,5-6,10-11H2,1-4H3. The summed E-state index contributed by atoms with van der Waals surface area (Å²) in [5, 5.41) is 4.33. The first kappa shape index (κ1) is 15.7. The Hall–Kier alpha value is -0.730. The summed E-state index contributed by atoms with van der Waals surface area (Å²) in [4.78, 5) is 2.53. The maximum atomic E-state index is 6.19. The van der Waals surface area contributed by atoms with Gasteiger partial charge in [0.1, 0.15) is 0 Å². The number of anilines is 1. The maximum Gasteiger partial charge on any atom is 0.0415 e. The van der Waals surface area contributed by atoms with Gasteiger partial charge in [0.2, 0.25) is 0 Å². The molecule has 1 saturated carbocycles. The summed E-state index contributed by atoms with van der Waals surface area (Å²) in [5.74, 6) is 0.888. The van der Waals surface area contributed by atoms with Gasteiger partial charge in [-0.2, -0.15) is 0 Å². The van der Waals surface area contributed by atoms with Gasteiger partial charge in [-0.1, -0.05) is 25.4 Å². The third-order valence-electron chi connectivity index (χ3n) is 3.83. The Morgan fingerprint density at radius 3 is 2.50 bits per heavy atom. The molecule has 0 radical (unpaired) electrons. The third kappa shape index (κ3) is 4.39. The average Bonchev–Trinajstić information content (AvgIpc) is 3.18. The van der Waals surface area contributed by atoms with Crippen molar-refractivity contribution in [2.45, 2.75) is 59.2 Å². The van der Waals surface area contributed by atoms with Gasteiger partial charge in [0.25, 0.3) is 0 Å². The van der Waals surface area contributed by atoms with Crippen molar-refractivity contribution < 1.29 is 0 Å². The van der Waals surface area contributed by atoms with Crippen LogP contribution in [0.15, 0.2) is 18.2 Å². The molecule has 20 heavy (non-hydrogen) atoms. The van der Waals surface area contributed by atoms with E-state index in [1.54, 1.807) is 0 Å². The molecule has 2 nitrogen and oxygen atoms in total. The highest BCUT2D eigenvalue weighted by Crippen LogP contribution is 2.34. The SMILES string of the molecule is CC(C)NCc1cc(Cl)ccc1N(CC1CC1)C(C)C. The van der Waals surface area contributed by atoms with Gasteiger partial charge in [-0.25, -0.2) is 0 Å². The molecule has 1 fully saturated rings. The van der Waals surface area contributed by atoms with Crippen molar-refractivity contribution in [3.63, 3.8) is 0 Å². The highest BCUT2D eigenvalue weighted by atomic mass is 35.5. The lowest BCUT2D eigenvalue weighted by Crippen LogP contribution is -2.34. The molecule has 0 bridgehead atoms. The Morgan fingerprint density at radius 1 is 1.25 bits per heavy atom. The monoisotopic (exact) mass is 294 g/mol. The predicted molar refractivity (Wildman–Crippen MR) is 88.6 cm³/mol. The van der Waals surface area contributed by atoms with Gasteiger partial charge in [-0.15, -0.1) is 0 Å². The van der Waals surface area contributed by atoms with Crippen LogP contribution in [0.3, 0.4) is 0 Å². The van der Waals surface area contributed by atoms with Gasteiger partial charge >= 0.3 is 0 Å². The molecule has 1 aliphatic rings. The first-order valence-corrected chi connectivity index (χ1v) is 8.13. The number of hydrogen-bond acceptors (Lipinski definition) is 2. The fourth-order valence-electron chi connectivity index (χ4n) is 2.46. The average molecular weight is 295 g/mol. The summed E-state index contributed by atoms with van der Waals surface area (Å²) >= 11 is 6.19. The minimum Gasteiger partial charge on any atom is -0.369 e. The predicted octanol–water partition coefficient (Wildman–Crippen LogP) is 4.46. The first-order valence-electron chi connectivity index (χ1n) is 7.75. The van der Waals surface area contributed by atoms with Gasteiger partial charge in [0.05, 0.1) is 0 Å². The number of benzene rings is 1.